The van der Waals surface area contributed by atoms with E-state index in [0.29, 0.717) is 11.4 Å². The van der Waals surface area contributed by atoms with Crippen LogP contribution in [0.25, 0.3) is 17.2 Å². The molecule has 0 saturated carbocycles. The molecule has 0 radical (unpaired) electrons. The zero-order chi connectivity index (χ0) is 11.1. The summed E-state index contributed by atoms with van der Waals surface area (Å²) in [5, 5.41) is 0. The van der Waals surface area contributed by atoms with Crippen LogP contribution in [0, 0.1) is 0 Å². The smallest absolute Gasteiger partial charge is 0.327 e. The molecule has 80 valence electrons. The number of aromatic nitrogens is 4. The van der Waals surface area contributed by atoms with Crippen LogP contribution < -0.4 is 11.2 Å². The summed E-state index contributed by atoms with van der Waals surface area (Å²) < 4.78 is 5.04. The number of hydrogen-bond donors (Lipinski definition) is 2. The van der Waals surface area contributed by atoms with Gasteiger partial charge in [-0.3, -0.25) is 14.8 Å². The second-order valence-electron chi connectivity index (χ2n) is 3.27. The van der Waals surface area contributed by atoms with Gasteiger partial charge in [0.15, 0.2) is 11.2 Å². The van der Waals surface area contributed by atoms with Crippen molar-refractivity contribution in [3.8, 4) is 0 Å². The molecule has 3 heterocycles. The quantitative estimate of drug-likeness (QED) is 0.621. The third-order valence-corrected chi connectivity index (χ3v) is 2.22. The molecule has 0 atom stereocenters. The summed E-state index contributed by atoms with van der Waals surface area (Å²) in [6.45, 7) is 0.271. The van der Waals surface area contributed by atoms with E-state index in [1.165, 1.54) is 6.26 Å². The number of hydrogen-bond acceptors (Lipinski definition) is 5. The summed E-state index contributed by atoms with van der Waals surface area (Å²) in [7, 11) is 0. The molecule has 0 amide bonds. The van der Waals surface area contributed by atoms with Crippen molar-refractivity contribution in [3.63, 3.8) is 0 Å². The molecule has 16 heavy (non-hydrogen) atoms. The van der Waals surface area contributed by atoms with E-state index in [4.69, 9.17) is 4.74 Å². The van der Waals surface area contributed by atoms with Crippen LogP contribution in [-0.2, 0) is 11.3 Å². The van der Waals surface area contributed by atoms with E-state index >= 15 is 0 Å². The average molecular weight is 218 g/mol. The van der Waals surface area contributed by atoms with Crippen molar-refractivity contribution >= 4 is 17.2 Å². The maximum atomic E-state index is 11.4. The lowest BCUT2D eigenvalue weighted by Crippen LogP contribution is -2.24. The Morgan fingerprint density at radius 1 is 1.25 bits per heavy atom. The van der Waals surface area contributed by atoms with Crippen molar-refractivity contribution in [2.24, 2.45) is 0 Å². The molecule has 0 bridgehead atoms. The largest absolute Gasteiger partial charge is 0.495 e. The molecule has 0 aliphatic carbocycles. The molecule has 1 aliphatic heterocycles. The van der Waals surface area contributed by atoms with Gasteiger partial charge in [-0.25, -0.2) is 14.8 Å². The van der Waals surface area contributed by atoms with Gasteiger partial charge in [0.25, 0.3) is 5.56 Å². The Kier molecular flexibility index (Phi) is 1.67. The molecular formula is C9H6N4O3. The molecule has 0 unspecified atom stereocenters. The number of nitrogens with one attached hydrogen (secondary N) is 2. The van der Waals surface area contributed by atoms with Crippen LogP contribution in [0.4, 0.5) is 0 Å². The molecule has 1 aliphatic rings. The highest BCUT2D eigenvalue weighted by Crippen LogP contribution is 2.14. The van der Waals surface area contributed by atoms with Gasteiger partial charge >= 0.3 is 5.69 Å². The highest BCUT2D eigenvalue weighted by molar-refractivity contribution is 5.70. The highest BCUT2D eigenvalue weighted by Gasteiger charge is 2.12. The molecule has 0 saturated heterocycles. The van der Waals surface area contributed by atoms with Crippen LogP contribution in [0.3, 0.4) is 0 Å². The second-order valence-corrected chi connectivity index (χ2v) is 3.27. The van der Waals surface area contributed by atoms with E-state index in [0.717, 1.165) is 0 Å². The van der Waals surface area contributed by atoms with Crippen molar-refractivity contribution in [2.75, 3.05) is 0 Å². The summed E-state index contributed by atoms with van der Waals surface area (Å²) in [6.07, 6.45) is 3.12. The molecule has 7 heteroatoms. The third-order valence-electron chi connectivity index (χ3n) is 2.22. The van der Waals surface area contributed by atoms with Crippen LogP contribution in [0.15, 0.2) is 15.9 Å². The average Bonchev–Trinajstić information content (AvgIpc) is 2.27. The Bertz CT molecular complexity index is 713. The van der Waals surface area contributed by atoms with Crippen LogP contribution >= 0.6 is 0 Å². The number of nitrogens with zero attached hydrogens (tertiary/aromatic N) is 2. The maximum Gasteiger partial charge on any atom is 0.327 e. The predicted octanol–water partition coefficient (Wildman–Crippen LogP) is -0.493. The summed E-state index contributed by atoms with van der Waals surface area (Å²) in [5.41, 5.74) is 0.315. The summed E-state index contributed by atoms with van der Waals surface area (Å²) >= 11 is 0. The van der Waals surface area contributed by atoms with Gasteiger partial charge in [-0.15, -0.1) is 0 Å². The number of fused-ring (bicyclic) bond motifs is 2. The SMILES string of the molecule is O=c1[nH]c(=O)c2nc3c(nc2[nH]1)C=COC3. The minimum atomic E-state index is -0.595. The van der Waals surface area contributed by atoms with Crippen molar-refractivity contribution in [1.82, 2.24) is 19.9 Å². The summed E-state index contributed by atoms with van der Waals surface area (Å²) in [4.78, 5) is 35.2. The monoisotopic (exact) mass is 218 g/mol. The normalized spacial score (nSPS) is 13.5. The minimum absolute atomic E-state index is 0.109. The van der Waals surface area contributed by atoms with Crippen molar-refractivity contribution in [3.05, 3.63) is 38.5 Å². The van der Waals surface area contributed by atoms with Gasteiger partial charge in [-0.1, -0.05) is 0 Å². The lowest BCUT2D eigenvalue weighted by molar-refractivity contribution is 0.230. The van der Waals surface area contributed by atoms with Crippen LogP contribution in [0.1, 0.15) is 11.4 Å². The van der Waals surface area contributed by atoms with E-state index in [-0.39, 0.29) is 17.8 Å². The lowest BCUT2D eigenvalue weighted by atomic mass is 10.2. The first-order valence-corrected chi connectivity index (χ1v) is 4.55. The molecule has 7 nitrogen and oxygen atoms in total. The molecule has 0 spiro atoms. The Hall–Kier alpha value is -2.44. The first-order valence-electron chi connectivity index (χ1n) is 4.55. The number of ether oxygens (including phenoxy) is 1. The Labute approximate surface area is 87.8 Å². The Balaban J connectivity index is 2.46. The molecule has 2 aromatic heterocycles. The summed E-state index contributed by atoms with van der Waals surface area (Å²) in [5.74, 6) is 0. The molecule has 2 N–H and O–H groups in total. The van der Waals surface area contributed by atoms with E-state index in [1.54, 1.807) is 6.08 Å². The second kappa shape index (κ2) is 3.02. The minimum Gasteiger partial charge on any atom is -0.495 e. The molecular weight excluding hydrogens is 212 g/mol. The first-order chi connectivity index (χ1) is 7.74. The maximum absolute atomic E-state index is 11.4. The Morgan fingerprint density at radius 3 is 3.00 bits per heavy atom. The zero-order valence-corrected chi connectivity index (χ0v) is 7.98. The fourth-order valence-corrected chi connectivity index (χ4v) is 1.51. The van der Waals surface area contributed by atoms with Crippen molar-refractivity contribution < 1.29 is 4.74 Å². The number of H-pyrrole nitrogens is 2. The van der Waals surface area contributed by atoms with Crippen LogP contribution in [-0.4, -0.2) is 19.9 Å². The molecule has 2 aromatic rings. The van der Waals surface area contributed by atoms with E-state index in [9.17, 15) is 9.59 Å². The fraction of sp³-hybridized carbons (Fsp3) is 0.111. The van der Waals surface area contributed by atoms with Gasteiger partial charge < -0.3 is 4.74 Å². The topological polar surface area (TPSA) is 101 Å². The van der Waals surface area contributed by atoms with Crippen LogP contribution in [0.2, 0.25) is 0 Å². The number of rotatable bonds is 0. The molecule has 3 rings (SSSR count). The Morgan fingerprint density at radius 2 is 2.12 bits per heavy atom. The molecule has 0 fully saturated rings. The van der Waals surface area contributed by atoms with Gasteiger partial charge in [0, 0.05) is 6.08 Å². The number of aromatic amines is 2. The van der Waals surface area contributed by atoms with E-state index < -0.39 is 11.2 Å². The first kappa shape index (κ1) is 8.84. The van der Waals surface area contributed by atoms with Crippen molar-refractivity contribution in [1.29, 1.82) is 0 Å². The van der Waals surface area contributed by atoms with Gasteiger partial charge in [0.1, 0.15) is 12.3 Å². The zero-order valence-electron chi connectivity index (χ0n) is 7.98. The standard InChI is InChI=1S/C9H6N4O3/c14-8-6-7(12-9(15)13-8)11-4-1-2-16-3-5(4)10-6/h1-2H,3H2,(H2,11,12,13,14,15). The fourth-order valence-electron chi connectivity index (χ4n) is 1.51. The highest BCUT2D eigenvalue weighted by atomic mass is 16.5. The van der Waals surface area contributed by atoms with Gasteiger partial charge in [-0.05, 0) is 0 Å². The van der Waals surface area contributed by atoms with Crippen LogP contribution in [0.5, 0.6) is 0 Å². The van der Waals surface area contributed by atoms with Crippen molar-refractivity contribution in [2.45, 2.75) is 6.61 Å². The predicted molar refractivity (Wildman–Crippen MR) is 54.6 cm³/mol. The third kappa shape index (κ3) is 1.22. The van der Waals surface area contributed by atoms with Gasteiger partial charge in [0.2, 0.25) is 0 Å². The van der Waals surface area contributed by atoms with Gasteiger partial charge in [0.05, 0.1) is 12.0 Å². The lowest BCUT2D eigenvalue weighted by Gasteiger charge is -2.09. The summed E-state index contributed by atoms with van der Waals surface area (Å²) in [6, 6.07) is 0. The van der Waals surface area contributed by atoms with E-state index in [1.807, 2.05) is 0 Å². The molecule has 0 aromatic carbocycles. The van der Waals surface area contributed by atoms with Gasteiger partial charge in [-0.2, -0.15) is 0 Å². The van der Waals surface area contributed by atoms with E-state index in [2.05, 4.69) is 19.9 Å².